The van der Waals surface area contributed by atoms with Crippen LogP contribution in [0.5, 0.6) is 0 Å². The Kier molecular flexibility index (Phi) is 43.6. The van der Waals surface area contributed by atoms with Gasteiger partial charge in [0, 0.05) is 6.42 Å². The number of aliphatic hydroxyl groups is 1. The third-order valence-electron chi connectivity index (χ3n) is 11.2. The minimum atomic E-state index is -4.37. The summed E-state index contributed by atoms with van der Waals surface area (Å²) in [5.41, 5.74) is 0. The highest BCUT2D eigenvalue weighted by Gasteiger charge is 2.27. The van der Waals surface area contributed by atoms with Crippen LogP contribution in [0, 0.1) is 0 Å². The van der Waals surface area contributed by atoms with Gasteiger partial charge in [-0.15, -0.1) is 0 Å². The summed E-state index contributed by atoms with van der Waals surface area (Å²) in [6.07, 6.45) is 61.8. The van der Waals surface area contributed by atoms with Gasteiger partial charge in [0.2, 0.25) is 5.91 Å². The van der Waals surface area contributed by atoms with Crippen molar-refractivity contribution in [3.8, 4) is 0 Å². The molecule has 366 valence electrons. The Morgan fingerprint density at radius 1 is 0.556 bits per heavy atom. The molecule has 0 aromatic rings. The maximum atomic E-state index is 12.8. The van der Waals surface area contributed by atoms with Crippen molar-refractivity contribution in [2.24, 2.45) is 0 Å². The van der Waals surface area contributed by atoms with Crippen molar-refractivity contribution in [2.45, 2.75) is 225 Å². The normalized spacial score (nSPS) is 14.7. The van der Waals surface area contributed by atoms with Gasteiger partial charge in [-0.3, -0.25) is 13.8 Å². The number of aliphatic hydroxyl groups excluding tert-OH is 1. The lowest BCUT2D eigenvalue weighted by Crippen LogP contribution is -2.45. The topological polar surface area (TPSA) is 105 Å². The van der Waals surface area contributed by atoms with Crippen molar-refractivity contribution in [2.75, 3.05) is 40.9 Å². The number of unbranched alkanes of at least 4 members (excludes halogenated alkanes) is 23. The van der Waals surface area contributed by atoms with Crippen molar-refractivity contribution in [1.29, 1.82) is 0 Å². The van der Waals surface area contributed by atoms with E-state index in [1.807, 2.05) is 39.4 Å². The first-order valence-electron chi connectivity index (χ1n) is 25.8. The Balaban J connectivity index is 4.29. The lowest BCUT2D eigenvalue weighted by molar-refractivity contribution is -0.870. The molecule has 3 N–H and O–H groups in total. The monoisotopic (exact) mass is 904 g/mol. The molecule has 0 saturated carbocycles. The summed E-state index contributed by atoms with van der Waals surface area (Å²) in [6.45, 7) is 4.62. The number of phosphoric acid groups is 1. The number of hydrogen-bond donors (Lipinski definition) is 3. The Morgan fingerprint density at radius 2 is 0.968 bits per heavy atom. The van der Waals surface area contributed by atoms with Gasteiger partial charge in [-0.05, 0) is 57.8 Å². The molecule has 0 spiro atoms. The maximum absolute atomic E-state index is 12.8. The maximum Gasteiger partial charge on any atom is 0.472 e. The second kappa shape index (κ2) is 45.1. The Morgan fingerprint density at radius 3 is 1.44 bits per heavy atom. The number of nitrogens with one attached hydrogen (secondary N) is 1. The van der Waals surface area contributed by atoms with Gasteiger partial charge in [-0.25, -0.2) is 4.57 Å². The van der Waals surface area contributed by atoms with E-state index in [0.29, 0.717) is 17.4 Å². The fourth-order valence-electron chi connectivity index (χ4n) is 7.13. The molecule has 0 aromatic heterocycles. The van der Waals surface area contributed by atoms with Gasteiger partial charge in [0.05, 0.1) is 39.9 Å². The molecule has 0 aliphatic carbocycles. The SMILES string of the molecule is CC/C=C\C/C=C\C/C=C\C/C=C\CCC(=O)NC(COP(=O)(O)OCC[N+](C)(C)C)C(O)/C=C/CC/C=C/CCCCCCCCCCCCCCCCCCCCCCCC. The fraction of sp³-hybridized carbons (Fsp3) is 0.759. The van der Waals surface area contributed by atoms with Crippen LogP contribution in [0.15, 0.2) is 72.9 Å². The van der Waals surface area contributed by atoms with Crippen molar-refractivity contribution in [3.63, 3.8) is 0 Å². The number of amides is 1. The molecule has 0 aliphatic rings. The highest BCUT2D eigenvalue weighted by molar-refractivity contribution is 7.47. The molecule has 0 saturated heterocycles. The molecule has 0 rings (SSSR count). The fourth-order valence-corrected chi connectivity index (χ4v) is 7.86. The first kappa shape index (κ1) is 60.9. The van der Waals surface area contributed by atoms with E-state index in [0.717, 1.165) is 44.9 Å². The van der Waals surface area contributed by atoms with Gasteiger partial charge in [0.25, 0.3) is 0 Å². The van der Waals surface area contributed by atoms with E-state index in [2.05, 4.69) is 67.8 Å². The van der Waals surface area contributed by atoms with Crippen LogP contribution in [0.4, 0.5) is 0 Å². The van der Waals surface area contributed by atoms with Gasteiger partial charge < -0.3 is 19.8 Å². The number of allylic oxidation sites excluding steroid dienone is 11. The molecule has 0 radical (unpaired) electrons. The molecule has 3 unspecified atom stereocenters. The van der Waals surface area contributed by atoms with Crippen LogP contribution >= 0.6 is 7.82 Å². The molecule has 0 heterocycles. The summed E-state index contributed by atoms with van der Waals surface area (Å²) in [6, 6.07) is -0.905. The summed E-state index contributed by atoms with van der Waals surface area (Å²) in [5, 5.41) is 13.8. The summed E-state index contributed by atoms with van der Waals surface area (Å²) in [5.74, 6) is -0.268. The Hall–Kier alpha value is -2.06. The number of nitrogens with zero attached hydrogens (tertiary/aromatic N) is 1. The molecule has 0 aliphatic heterocycles. The van der Waals surface area contributed by atoms with Crippen LogP contribution in [0.1, 0.15) is 213 Å². The zero-order chi connectivity index (χ0) is 46.4. The highest BCUT2D eigenvalue weighted by Crippen LogP contribution is 2.43. The average Bonchev–Trinajstić information content (AvgIpc) is 3.24. The number of likely N-dealkylation sites (N-methyl/N-ethyl adjacent to an activating group) is 1. The van der Waals surface area contributed by atoms with E-state index in [1.54, 1.807) is 6.08 Å². The first-order valence-corrected chi connectivity index (χ1v) is 27.3. The van der Waals surface area contributed by atoms with Crippen molar-refractivity contribution in [1.82, 2.24) is 5.32 Å². The molecular weight excluding hydrogens is 804 g/mol. The van der Waals surface area contributed by atoms with Gasteiger partial charge in [0.1, 0.15) is 13.2 Å². The molecular formula is C54H100N2O6P+. The summed E-state index contributed by atoms with van der Waals surface area (Å²) in [4.78, 5) is 23.1. The van der Waals surface area contributed by atoms with E-state index in [4.69, 9.17) is 9.05 Å². The van der Waals surface area contributed by atoms with E-state index >= 15 is 0 Å². The van der Waals surface area contributed by atoms with Crippen molar-refractivity contribution < 1.29 is 32.9 Å². The van der Waals surface area contributed by atoms with Crippen LogP contribution in [0.25, 0.3) is 0 Å². The third kappa shape index (κ3) is 47.7. The zero-order valence-corrected chi connectivity index (χ0v) is 42.4. The Labute approximate surface area is 389 Å². The van der Waals surface area contributed by atoms with E-state index in [-0.39, 0.29) is 25.5 Å². The molecule has 9 heteroatoms. The number of carbonyl (C=O) groups is 1. The van der Waals surface area contributed by atoms with Crippen LogP contribution in [0.3, 0.4) is 0 Å². The largest absolute Gasteiger partial charge is 0.472 e. The van der Waals surface area contributed by atoms with Crippen molar-refractivity contribution >= 4 is 13.7 Å². The molecule has 3 atom stereocenters. The van der Waals surface area contributed by atoms with Gasteiger partial charge in [-0.2, -0.15) is 0 Å². The molecule has 1 amide bonds. The standard InChI is InChI=1S/C54H99N2O6P/c1-6-8-10-12-14-16-18-20-21-22-23-24-25-26-27-28-29-30-31-32-33-34-36-37-39-41-43-45-47-53(57)52(51-62-63(59,60)61-50-49-56(3,4)5)55-54(58)48-46-44-42-40-38-35-19-17-15-13-11-9-7-2/h9,11,15,17,35,37-39,42,44-45,47,52-53,57H,6-8,10,12-14,16,18-34,36,40-41,43,46,48-51H2,1-5H3,(H-,55,58,59,60)/p+1/b11-9-,17-15-,38-35-,39-37+,44-42-,47-45+. The highest BCUT2D eigenvalue weighted by atomic mass is 31.2. The quantitative estimate of drug-likeness (QED) is 0.0243. The average molecular weight is 904 g/mol. The van der Waals surface area contributed by atoms with Crippen molar-refractivity contribution in [3.05, 3.63) is 72.9 Å². The third-order valence-corrected chi connectivity index (χ3v) is 12.2. The smallest absolute Gasteiger partial charge is 0.387 e. The van der Waals surface area contributed by atoms with Crippen LogP contribution < -0.4 is 5.32 Å². The number of phosphoric ester groups is 1. The predicted molar refractivity (Wildman–Crippen MR) is 272 cm³/mol. The second-order valence-corrected chi connectivity index (χ2v) is 20.0. The van der Waals surface area contributed by atoms with Gasteiger partial charge in [-0.1, -0.05) is 222 Å². The minimum absolute atomic E-state index is 0.0405. The minimum Gasteiger partial charge on any atom is -0.387 e. The molecule has 63 heavy (non-hydrogen) atoms. The number of rotatable bonds is 46. The molecule has 0 aromatic carbocycles. The first-order chi connectivity index (χ1) is 30.5. The number of carbonyl (C=O) groups excluding carboxylic acids is 1. The lowest BCUT2D eigenvalue weighted by Gasteiger charge is -2.25. The number of hydrogen-bond acceptors (Lipinski definition) is 5. The molecule has 0 bridgehead atoms. The van der Waals surface area contributed by atoms with Crippen LogP contribution in [-0.4, -0.2) is 73.4 Å². The lowest BCUT2D eigenvalue weighted by atomic mass is 10.0. The second-order valence-electron chi connectivity index (χ2n) is 18.5. The van der Waals surface area contributed by atoms with Gasteiger partial charge >= 0.3 is 7.82 Å². The summed E-state index contributed by atoms with van der Waals surface area (Å²) < 4.78 is 23.5. The van der Waals surface area contributed by atoms with E-state index < -0.39 is 20.0 Å². The molecule has 8 nitrogen and oxygen atoms in total. The number of quaternary nitrogens is 1. The summed E-state index contributed by atoms with van der Waals surface area (Å²) >= 11 is 0. The van der Waals surface area contributed by atoms with E-state index in [1.165, 1.54) is 141 Å². The van der Waals surface area contributed by atoms with Crippen LogP contribution in [-0.2, 0) is 18.4 Å². The van der Waals surface area contributed by atoms with Crippen LogP contribution in [0.2, 0.25) is 0 Å². The predicted octanol–water partition coefficient (Wildman–Crippen LogP) is 15.1. The van der Waals surface area contributed by atoms with Gasteiger partial charge in [0.15, 0.2) is 0 Å². The Bertz CT molecular complexity index is 1250. The molecule has 0 fully saturated rings. The summed E-state index contributed by atoms with van der Waals surface area (Å²) in [7, 11) is 1.50. The zero-order valence-electron chi connectivity index (χ0n) is 41.5. The van der Waals surface area contributed by atoms with E-state index in [9.17, 15) is 19.4 Å².